The van der Waals surface area contributed by atoms with Crippen LogP contribution in [-0.2, 0) is 10.0 Å². The topological polar surface area (TPSA) is 46.6 Å². The summed E-state index contributed by atoms with van der Waals surface area (Å²) in [6.07, 6.45) is 5.18. The minimum Gasteiger partial charge on any atom is -0.495 e. The highest BCUT2D eigenvalue weighted by Gasteiger charge is 2.31. The SMILES string of the molecule is COc1ccc(Cl)cc1S(=O)(=O)N(C)C1CCCCC1. The van der Waals surface area contributed by atoms with Gasteiger partial charge in [0.1, 0.15) is 10.6 Å². The van der Waals surface area contributed by atoms with E-state index in [0.29, 0.717) is 10.8 Å². The molecule has 0 aromatic heterocycles. The molecule has 0 N–H and O–H groups in total. The summed E-state index contributed by atoms with van der Waals surface area (Å²) in [5.74, 6) is 0.331. The summed E-state index contributed by atoms with van der Waals surface area (Å²) in [6, 6.07) is 4.73. The van der Waals surface area contributed by atoms with Gasteiger partial charge < -0.3 is 4.74 Å². The molecule has 0 bridgehead atoms. The van der Waals surface area contributed by atoms with E-state index in [9.17, 15) is 8.42 Å². The van der Waals surface area contributed by atoms with Crippen molar-refractivity contribution in [3.8, 4) is 5.75 Å². The molecule has 0 amide bonds. The molecule has 1 aliphatic rings. The quantitative estimate of drug-likeness (QED) is 0.856. The molecule has 0 spiro atoms. The van der Waals surface area contributed by atoms with Crippen LogP contribution in [0.3, 0.4) is 0 Å². The van der Waals surface area contributed by atoms with Gasteiger partial charge in [0, 0.05) is 18.1 Å². The van der Waals surface area contributed by atoms with Crippen molar-refractivity contribution < 1.29 is 13.2 Å². The summed E-state index contributed by atoms with van der Waals surface area (Å²) in [4.78, 5) is 0.139. The highest BCUT2D eigenvalue weighted by Crippen LogP contribution is 2.32. The summed E-state index contributed by atoms with van der Waals surface area (Å²) in [5.41, 5.74) is 0. The van der Waals surface area contributed by atoms with Crippen LogP contribution >= 0.6 is 11.6 Å². The first-order chi connectivity index (χ1) is 9.46. The lowest BCUT2D eigenvalue weighted by Gasteiger charge is -2.30. The van der Waals surface area contributed by atoms with Crippen LogP contribution in [0.15, 0.2) is 23.1 Å². The zero-order valence-electron chi connectivity index (χ0n) is 11.8. The molecule has 0 aliphatic heterocycles. The molecule has 0 saturated heterocycles. The molecule has 1 fully saturated rings. The molecule has 20 heavy (non-hydrogen) atoms. The standard InChI is InChI=1S/C14H20ClNO3S/c1-16(12-6-4-3-5-7-12)20(17,18)14-10-11(15)8-9-13(14)19-2/h8-10,12H,3-7H2,1-2H3. The van der Waals surface area contributed by atoms with E-state index in [1.165, 1.54) is 23.9 Å². The first kappa shape index (κ1) is 15.6. The fourth-order valence-corrected chi connectivity index (χ4v) is 4.48. The summed E-state index contributed by atoms with van der Waals surface area (Å²) >= 11 is 5.93. The van der Waals surface area contributed by atoms with Gasteiger partial charge >= 0.3 is 0 Å². The molecule has 1 aromatic carbocycles. The number of hydrogen-bond acceptors (Lipinski definition) is 3. The van der Waals surface area contributed by atoms with Gasteiger partial charge in [-0.05, 0) is 31.0 Å². The third-order valence-corrected chi connectivity index (χ3v) is 6.04. The van der Waals surface area contributed by atoms with Gasteiger partial charge in [0.25, 0.3) is 0 Å². The van der Waals surface area contributed by atoms with Crippen LogP contribution in [0.2, 0.25) is 5.02 Å². The monoisotopic (exact) mass is 317 g/mol. The minimum absolute atomic E-state index is 0.0671. The van der Waals surface area contributed by atoms with Crippen LogP contribution in [0.1, 0.15) is 32.1 Å². The molecule has 0 atom stereocenters. The van der Waals surface area contributed by atoms with Crippen LogP contribution in [0.4, 0.5) is 0 Å². The van der Waals surface area contributed by atoms with E-state index in [4.69, 9.17) is 16.3 Å². The van der Waals surface area contributed by atoms with E-state index in [0.717, 1.165) is 25.7 Å². The van der Waals surface area contributed by atoms with Crippen molar-refractivity contribution in [2.75, 3.05) is 14.2 Å². The Bertz CT molecular complexity index is 568. The average Bonchev–Trinajstić information content (AvgIpc) is 2.47. The molecule has 1 saturated carbocycles. The van der Waals surface area contributed by atoms with Crippen LogP contribution in [0, 0.1) is 0 Å². The Kier molecular flexibility index (Phi) is 4.94. The smallest absolute Gasteiger partial charge is 0.246 e. The van der Waals surface area contributed by atoms with E-state index >= 15 is 0 Å². The average molecular weight is 318 g/mol. The molecule has 1 aliphatic carbocycles. The van der Waals surface area contributed by atoms with Crippen molar-refractivity contribution in [2.24, 2.45) is 0 Å². The van der Waals surface area contributed by atoms with Crippen LogP contribution in [-0.4, -0.2) is 32.9 Å². The number of benzene rings is 1. The van der Waals surface area contributed by atoms with Gasteiger partial charge in [0.05, 0.1) is 7.11 Å². The Morgan fingerprint density at radius 1 is 1.25 bits per heavy atom. The molecular formula is C14H20ClNO3S. The highest BCUT2D eigenvalue weighted by molar-refractivity contribution is 7.89. The Hall–Kier alpha value is -0.780. The van der Waals surface area contributed by atoms with Gasteiger partial charge in [-0.25, -0.2) is 8.42 Å². The number of halogens is 1. The van der Waals surface area contributed by atoms with E-state index < -0.39 is 10.0 Å². The van der Waals surface area contributed by atoms with E-state index in [1.54, 1.807) is 19.2 Å². The predicted molar refractivity (Wildman–Crippen MR) is 79.8 cm³/mol. The zero-order valence-corrected chi connectivity index (χ0v) is 13.4. The van der Waals surface area contributed by atoms with Crippen molar-refractivity contribution in [1.29, 1.82) is 0 Å². The molecule has 2 rings (SSSR count). The van der Waals surface area contributed by atoms with Gasteiger partial charge in [0.15, 0.2) is 0 Å². The minimum atomic E-state index is -3.58. The second kappa shape index (κ2) is 6.33. The van der Waals surface area contributed by atoms with E-state index in [1.807, 2.05) is 0 Å². The summed E-state index contributed by atoms with van der Waals surface area (Å²) < 4.78 is 32.1. The van der Waals surface area contributed by atoms with Crippen LogP contribution in [0.5, 0.6) is 5.75 Å². The van der Waals surface area contributed by atoms with Crippen LogP contribution < -0.4 is 4.74 Å². The maximum absolute atomic E-state index is 12.8. The van der Waals surface area contributed by atoms with Gasteiger partial charge in [0.2, 0.25) is 10.0 Å². The number of hydrogen-bond donors (Lipinski definition) is 0. The molecular weight excluding hydrogens is 298 g/mol. The Balaban J connectivity index is 2.36. The molecule has 4 nitrogen and oxygen atoms in total. The molecule has 0 unspecified atom stereocenters. The summed E-state index contributed by atoms with van der Waals surface area (Å²) in [6.45, 7) is 0. The number of methoxy groups -OCH3 is 1. The normalized spacial score (nSPS) is 17.4. The Labute approximate surface area is 125 Å². The van der Waals surface area contributed by atoms with E-state index in [2.05, 4.69) is 0 Å². The molecule has 6 heteroatoms. The third kappa shape index (κ3) is 3.10. The van der Waals surface area contributed by atoms with Crippen molar-refractivity contribution in [3.63, 3.8) is 0 Å². The van der Waals surface area contributed by atoms with Gasteiger partial charge in [-0.15, -0.1) is 0 Å². The maximum atomic E-state index is 12.8. The lowest BCUT2D eigenvalue weighted by molar-refractivity contribution is 0.284. The lowest BCUT2D eigenvalue weighted by atomic mass is 9.96. The maximum Gasteiger partial charge on any atom is 0.246 e. The first-order valence-electron chi connectivity index (χ1n) is 6.78. The number of nitrogens with zero attached hydrogens (tertiary/aromatic N) is 1. The fraction of sp³-hybridized carbons (Fsp3) is 0.571. The lowest BCUT2D eigenvalue weighted by Crippen LogP contribution is -2.38. The van der Waals surface area contributed by atoms with Gasteiger partial charge in [-0.2, -0.15) is 4.31 Å². The fourth-order valence-electron chi connectivity index (χ4n) is 2.65. The zero-order chi connectivity index (χ0) is 14.8. The second-order valence-corrected chi connectivity index (χ2v) is 7.51. The Morgan fingerprint density at radius 2 is 1.90 bits per heavy atom. The first-order valence-corrected chi connectivity index (χ1v) is 8.60. The largest absolute Gasteiger partial charge is 0.495 e. The number of sulfonamides is 1. The van der Waals surface area contributed by atoms with Gasteiger partial charge in [-0.3, -0.25) is 0 Å². The molecule has 1 aromatic rings. The van der Waals surface area contributed by atoms with E-state index in [-0.39, 0.29) is 10.9 Å². The summed E-state index contributed by atoms with van der Waals surface area (Å²) in [5, 5.41) is 0.390. The second-order valence-electron chi connectivity index (χ2n) is 5.11. The van der Waals surface area contributed by atoms with Crippen molar-refractivity contribution in [3.05, 3.63) is 23.2 Å². The predicted octanol–water partition coefficient (Wildman–Crippen LogP) is 3.30. The summed E-state index contributed by atoms with van der Waals surface area (Å²) in [7, 11) is -0.474. The van der Waals surface area contributed by atoms with Gasteiger partial charge in [-0.1, -0.05) is 30.9 Å². The molecule has 0 radical (unpaired) electrons. The Morgan fingerprint density at radius 3 is 2.50 bits per heavy atom. The van der Waals surface area contributed by atoms with Crippen LogP contribution in [0.25, 0.3) is 0 Å². The number of rotatable bonds is 4. The van der Waals surface area contributed by atoms with Crippen molar-refractivity contribution in [1.82, 2.24) is 4.31 Å². The molecule has 0 heterocycles. The van der Waals surface area contributed by atoms with Crippen molar-refractivity contribution in [2.45, 2.75) is 43.0 Å². The van der Waals surface area contributed by atoms with Crippen molar-refractivity contribution >= 4 is 21.6 Å². The highest BCUT2D eigenvalue weighted by atomic mass is 35.5. The molecule has 112 valence electrons. The third-order valence-electron chi connectivity index (χ3n) is 3.87. The number of ether oxygens (including phenoxy) is 1.